The Hall–Kier alpha value is -1.09. The quantitative estimate of drug-likeness (QED) is 0.685. The van der Waals surface area contributed by atoms with Crippen LogP contribution in [0.25, 0.3) is 0 Å². The molecule has 72 valence electrons. The van der Waals surface area contributed by atoms with Crippen LogP contribution in [-0.4, -0.2) is 38.0 Å². The highest BCUT2D eigenvalue weighted by molar-refractivity contribution is 5.96. The molecule has 3 nitrogen and oxygen atoms in total. The molecule has 0 saturated heterocycles. The monoisotopic (exact) mass is 180 g/mol. The number of allylic oxidation sites excluding steroid dienone is 2. The maximum atomic E-state index is 11.4. The minimum absolute atomic E-state index is 0.0376. The van der Waals surface area contributed by atoms with Crippen molar-refractivity contribution in [1.29, 1.82) is 0 Å². The average Bonchev–Trinajstić information content (AvgIpc) is 2.55. The lowest BCUT2D eigenvalue weighted by atomic mass is 10.3. The first-order chi connectivity index (χ1) is 6.20. The third-order valence-electron chi connectivity index (χ3n) is 1.88. The van der Waals surface area contributed by atoms with Crippen molar-refractivity contribution in [2.24, 2.45) is 0 Å². The SMILES string of the molecule is CN(C)CCNC(=O)C1=CCC=C1. The molecule has 1 N–H and O–H groups in total. The van der Waals surface area contributed by atoms with Crippen LogP contribution in [0.15, 0.2) is 23.8 Å². The second-order valence-corrected chi connectivity index (χ2v) is 3.36. The van der Waals surface area contributed by atoms with E-state index in [2.05, 4.69) is 5.32 Å². The van der Waals surface area contributed by atoms with Crippen LogP contribution in [0.5, 0.6) is 0 Å². The van der Waals surface area contributed by atoms with E-state index < -0.39 is 0 Å². The van der Waals surface area contributed by atoms with Gasteiger partial charge in [-0.25, -0.2) is 0 Å². The van der Waals surface area contributed by atoms with E-state index in [1.54, 1.807) is 0 Å². The van der Waals surface area contributed by atoms with Gasteiger partial charge in [-0.1, -0.05) is 18.2 Å². The number of rotatable bonds is 4. The van der Waals surface area contributed by atoms with E-state index in [9.17, 15) is 4.79 Å². The number of amides is 1. The van der Waals surface area contributed by atoms with Crippen molar-refractivity contribution < 1.29 is 4.79 Å². The maximum Gasteiger partial charge on any atom is 0.250 e. The van der Waals surface area contributed by atoms with Crippen LogP contribution in [0.4, 0.5) is 0 Å². The largest absolute Gasteiger partial charge is 0.351 e. The third-order valence-corrected chi connectivity index (χ3v) is 1.88. The van der Waals surface area contributed by atoms with Crippen molar-refractivity contribution in [2.75, 3.05) is 27.2 Å². The molecular weight excluding hydrogens is 164 g/mol. The van der Waals surface area contributed by atoms with Crippen LogP contribution in [0.2, 0.25) is 0 Å². The Morgan fingerprint density at radius 1 is 1.62 bits per heavy atom. The Labute approximate surface area is 79.1 Å². The maximum absolute atomic E-state index is 11.4. The number of likely N-dealkylation sites (N-methyl/N-ethyl adjacent to an activating group) is 1. The number of carbonyl (C=O) groups is 1. The summed E-state index contributed by atoms with van der Waals surface area (Å²) < 4.78 is 0. The molecule has 0 aromatic carbocycles. The first kappa shape index (κ1) is 9.99. The van der Waals surface area contributed by atoms with E-state index in [1.165, 1.54) is 0 Å². The van der Waals surface area contributed by atoms with E-state index in [1.807, 2.05) is 37.2 Å². The summed E-state index contributed by atoms with van der Waals surface area (Å²) in [4.78, 5) is 13.4. The molecule has 0 aromatic rings. The lowest BCUT2D eigenvalue weighted by Gasteiger charge is -2.10. The molecule has 3 heteroatoms. The van der Waals surface area contributed by atoms with Crippen LogP contribution in [0.3, 0.4) is 0 Å². The molecule has 0 radical (unpaired) electrons. The summed E-state index contributed by atoms with van der Waals surface area (Å²) in [5, 5.41) is 2.86. The molecule has 0 unspecified atom stereocenters. The topological polar surface area (TPSA) is 32.3 Å². The fourth-order valence-corrected chi connectivity index (χ4v) is 1.12. The zero-order valence-corrected chi connectivity index (χ0v) is 8.21. The van der Waals surface area contributed by atoms with E-state index in [-0.39, 0.29) is 5.91 Å². The second-order valence-electron chi connectivity index (χ2n) is 3.36. The van der Waals surface area contributed by atoms with Crippen molar-refractivity contribution in [3.8, 4) is 0 Å². The highest BCUT2D eigenvalue weighted by atomic mass is 16.1. The first-order valence-corrected chi connectivity index (χ1v) is 4.50. The van der Waals surface area contributed by atoms with Gasteiger partial charge in [0.25, 0.3) is 5.91 Å². The van der Waals surface area contributed by atoms with Crippen molar-refractivity contribution in [1.82, 2.24) is 10.2 Å². The Morgan fingerprint density at radius 3 is 2.92 bits per heavy atom. The van der Waals surface area contributed by atoms with E-state index in [4.69, 9.17) is 0 Å². The molecule has 1 aliphatic rings. The van der Waals surface area contributed by atoms with Crippen LogP contribution in [-0.2, 0) is 4.79 Å². The van der Waals surface area contributed by atoms with Gasteiger partial charge < -0.3 is 10.2 Å². The average molecular weight is 180 g/mol. The lowest BCUT2D eigenvalue weighted by Crippen LogP contribution is -2.31. The van der Waals surface area contributed by atoms with Gasteiger partial charge in [-0.05, 0) is 20.5 Å². The summed E-state index contributed by atoms with van der Waals surface area (Å²) in [6, 6.07) is 0. The molecule has 0 aliphatic heterocycles. The van der Waals surface area contributed by atoms with Gasteiger partial charge >= 0.3 is 0 Å². The summed E-state index contributed by atoms with van der Waals surface area (Å²) in [5.74, 6) is 0.0376. The Balaban J connectivity index is 2.22. The predicted octanol–water partition coefficient (Wildman–Crippen LogP) is 0.550. The fraction of sp³-hybridized carbons (Fsp3) is 0.500. The summed E-state index contributed by atoms with van der Waals surface area (Å²) in [5.41, 5.74) is 0.791. The minimum atomic E-state index is 0.0376. The van der Waals surface area contributed by atoms with Crippen LogP contribution in [0, 0.1) is 0 Å². The van der Waals surface area contributed by atoms with Gasteiger partial charge in [0.15, 0.2) is 0 Å². The molecular formula is C10H16N2O. The van der Waals surface area contributed by atoms with Gasteiger partial charge in [0.2, 0.25) is 0 Å². The van der Waals surface area contributed by atoms with E-state index in [0.717, 1.165) is 18.5 Å². The standard InChI is InChI=1S/C10H16N2O/c1-12(2)8-7-11-10(13)9-5-3-4-6-9/h3,5-6H,4,7-8H2,1-2H3,(H,11,13). The second kappa shape index (κ2) is 4.82. The molecule has 1 aliphatic carbocycles. The van der Waals surface area contributed by atoms with Crippen LogP contribution >= 0.6 is 0 Å². The summed E-state index contributed by atoms with van der Waals surface area (Å²) >= 11 is 0. The predicted molar refractivity (Wildman–Crippen MR) is 53.4 cm³/mol. The zero-order chi connectivity index (χ0) is 9.68. The van der Waals surface area contributed by atoms with Gasteiger partial charge in [0.05, 0.1) is 0 Å². The highest BCUT2D eigenvalue weighted by Crippen LogP contribution is 2.07. The van der Waals surface area contributed by atoms with Gasteiger partial charge in [-0.2, -0.15) is 0 Å². The molecule has 0 spiro atoms. The molecule has 1 rings (SSSR count). The zero-order valence-electron chi connectivity index (χ0n) is 8.21. The van der Waals surface area contributed by atoms with Crippen LogP contribution in [0.1, 0.15) is 6.42 Å². The van der Waals surface area contributed by atoms with Gasteiger partial charge in [-0.3, -0.25) is 4.79 Å². The smallest absolute Gasteiger partial charge is 0.250 e. The number of nitrogens with zero attached hydrogens (tertiary/aromatic N) is 1. The molecule has 1 amide bonds. The third kappa shape index (κ3) is 3.42. The van der Waals surface area contributed by atoms with Gasteiger partial charge in [-0.15, -0.1) is 0 Å². The lowest BCUT2D eigenvalue weighted by molar-refractivity contribution is -0.117. The Morgan fingerprint density at radius 2 is 2.38 bits per heavy atom. The Kier molecular flexibility index (Phi) is 3.71. The molecule has 0 aromatic heterocycles. The van der Waals surface area contributed by atoms with Crippen molar-refractivity contribution in [3.05, 3.63) is 23.8 Å². The Bertz CT molecular complexity index is 241. The van der Waals surface area contributed by atoms with Crippen molar-refractivity contribution in [2.45, 2.75) is 6.42 Å². The number of carbonyl (C=O) groups excluding carboxylic acids is 1. The summed E-state index contributed by atoms with van der Waals surface area (Å²) in [6.45, 7) is 1.58. The molecule has 0 atom stereocenters. The number of nitrogens with one attached hydrogen (secondary N) is 1. The van der Waals surface area contributed by atoms with Crippen molar-refractivity contribution in [3.63, 3.8) is 0 Å². The first-order valence-electron chi connectivity index (χ1n) is 4.50. The molecule has 13 heavy (non-hydrogen) atoms. The number of hydrogen-bond donors (Lipinski definition) is 1. The molecule has 0 fully saturated rings. The summed E-state index contributed by atoms with van der Waals surface area (Å²) in [6.07, 6.45) is 6.67. The number of hydrogen-bond acceptors (Lipinski definition) is 2. The molecule has 0 saturated carbocycles. The summed E-state index contributed by atoms with van der Waals surface area (Å²) in [7, 11) is 3.97. The molecule has 0 heterocycles. The van der Waals surface area contributed by atoms with Crippen molar-refractivity contribution >= 4 is 5.91 Å². The van der Waals surface area contributed by atoms with Gasteiger partial charge in [0.1, 0.15) is 0 Å². The minimum Gasteiger partial charge on any atom is -0.351 e. The van der Waals surface area contributed by atoms with Gasteiger partial charge in [0, 0.05) is 18.7 Å². The highest BCUT2D eigenvalue weighted by Gasteiger charge is 2.07. The molecule has 0 bridgehead atoms. The van der Waals surface area contributed by atoms with Crippen LogP contribution < -0.4 is 5.32 Å². The van der Waals surface area contributed by atoms with E-state index in [0.29, 0.717) is 6.54 Å². The normalized spacial score (nSPS) is 14.8. The fourth-order valence-electron chi connectivity index (χ4n) is 1.12. The van der Waals surface area contributed by atoms with E-state index >= 15 is 0 Å².